The van der Waals surface area contributed by atoms with Gasteiger partial charge in [-0.05, 0) is 38.5 Å². The lowest BCUT2D eigenvalue weighted by Gasteiger charge is -2.29. The van der Waals surface area contributed by atoms with Crippen LogP contribution in [0.3, 0.4) is 0 Å². The van der Waals surface area contributed by atoms with Crippen molar-refractivity contribution in [2.45, 2.75) is 167 Å². The third kappa shape index (κ3) is 20.7. The van der Waals surface area contributed by atoms with Gasteiger partial charge < -0.3 is 57.5 Å². The lowest BCUT2D eigenvalue weighted by Crippen LogP contribution is -2.60. The zero-order chi connectivity index (χ0) is 44.3. The number of aliphatic hydroxyl groups excluding tert-OH is 2. The Labute approximate surface area is 347 Å². The number of nitrogens with one attached hydrogen (secondary N) is 6. The van der Waals surface area contributed by atoms with Gasteiger partial charge in [0.1, 0.15) is 42.5 Å². The topological polar surface area (TPSA) is 296 Å². The normalized spacial score (nSPS) is 16.2. The summed E-state index contributed by atoms with van der Waals surface area (Å²) in [7, 11) is 0. The number of primary amides is 1. The van der Waals surface area contributed by atoms with Crippen LogP contribution in [-0.4, -0.2) is 131 Å². The van der Waals surface area contributed by atoms with Gasteiger partial charge in [-0.1, -0.05) is 85.0 Å². The van der Waals surface area contributed by atoms with Crippen molar-refractivity contribution in [1.29, 1.82) is 0 Å². The first-order valence-electron chi connectivity index (χ1n) is 21.1. The molecule has 10 N–H and O–H groups in total. The summed E-state index contributed by atoms with van der Waals surface area (Å²) in [4.78, 5) is 114. The number of hydrogen-bond donors (Lipinski definition) is 9. The lowest BCUT2D eigenvalue weighted by molar-refractivity contribution is -0.143. The number of likely N-dealkylation sites (tertiary alicyclic amines) is 1. The van der Waals surface area contributed by atoms with E-state index in [4.69, 9.17) is 5.73 Å². The van der Waals surface area contributed by atoms with Gasteiger partial charge in [0.05, 0.1) is 26.2 Å². The molecular weight excluding hydrogens is 768 g/mol. The highest BCUT2D eigenvalue weighted by Gasteiger charge is 2.39. The molecule has 19 heteroatoms. The van der Waals surface area contributed by atoms with E-state index >= 15 is 0 Å². The number of aliphatic hydroxyl groups is 2. The van der Waals surface area contributed by atoms with Crippen LogP contribution in [0.2, 0.25) is 0 Å². The van der Waals surface area contributed by atoms with Crippen molar-refractivity contribution < 1.29 is 53.4 Å². The first-order chi connectivity index (χ1) is 28.1. The molecule has 1 aliphatic rings. The number of nitrogens with zero attached hydrogens (tertiary/aromatic N) is 1. The van der Waals surface area contributed by atoms with E-state index < -0.39 is 97.2 Å². The number of unbranched alkanes of at least 4 members (excludes halogenated alkanes) is 10. The molecule has 1 aliphatic heterocycles. The molecule has 6 atom stereocenters. The highest BCUT2D eigenvalue weighted by molar-refractivity contribution is 5.98. The van der Waals surface area contributed by atoms with Crippen molar-refractivity contribution in [3.05, 3.63) is 0 Å². The number of rotatable bonds is 31. The molecule has 8 amide bonds. The number of aldehydes is 1. The molecule has 336 valence electrons. The van der Waals surface area contributed by atoms with Gasteiger partial charge in [0, 0.05) is 13.0 Å². The number of hydrogen-bond acceptors (Lipinski definition) is 11. The average Bonchev–Trinajstić information content (AvgIpc) is 3.69. The zero-order valence-corrected chi connectivity index (χ0v) is 35.4. The van der Waals surface area contributed by atoms with Crippen molar-refractivity contribution in [3.8, 4) is 0 Å². The Balaban J connectivity index is 2.78. The Hall–Kier alpha value is -4.65. The van der Waals surface area contributed by atoms with Crippen LogP contribution in [0.4, 0.5) is 0 Å². The first-order valence-corrected chi connectivity index (χ1v) is 21.1. The monoisotopic (exact) mass is 839 g/mol. The Morgan fingerprint density at radius 1 is 0.695 bits per heavy atom. The fourth-order valence-corrected chi connectivity index (χ4v) is 6.69. The number of nitrogens with two attached hydrogens (primary N) is 1. The SMILES string of the molecule is CCCCCCCCCCCCCC(=O)N[C@@H](CC(C)C)C(=O)N[C@@H](CO)C(=O)N[C@@H](CO)C(=O)N1CCC[C@@H]1C(=O)N[C@@H](C)C(=O)N[C@@H](CC(N)=O)C(=O)NCC=O. The molecule has 1 saturated heterocycles. The van der Waals surface area contributed by atoms with Crippen LogP contribution < -0.4 is 37.6 Å². The van der Waals surface area contributed by atoms with Gasteiger partial charge in [0.2, 0.25) is 47.3 Å². The van der Waals surface area contributed by atoms with Gasteiger partial charge in [0.25, 0.3) is 0 Å². The van der Waals surface area contributed by atoms with Crippen LogP contribution in [-0.2, 0) is 43.2 Å². The molecular formula is C40H70N8O11. The second-order valence-electron chi connectivity index (χ2n) is 15.6. The standard InChI is InChI=1S/C40H70N8O11/c1-5-6-7-8-9-10-11-12-13-14-15-18-34(53)44-28(22-26(2)3)37(56)46-30(24-50)38(57)47-31(25-51)40(59)48-20-16-17-32(48)39(58)43-27(4)35(54)45-29(23-33(41)52)36(55)42-19-21-49/h21,26-32,50-51H,5-20,22-25H2,1-4H3,(H2,41,52)(H,42,55)(H,43,58)(H,44,53)(H,45,54)(H,46,56)(H,47,57)/t27-,28-,29-,30-,31-,32+/m0/s1. The molecule has 0 aromatic heterocycles. The molecule has 59 heavy (non-hydrogen) atoms. The first kappa shape index (κ1) is 52.4. The minimum atomic E-state index is -1.57. The van der Waals surface area contributed by atoms with Gasteiger partial charge >= 0.3 is 0 Å². The van der Waals surface area contributed by atoms with Crippen molar-refractivity contribution in [1.82, 2.24) is 36.8 Å². The maximum Gasteiger partial charge on any atom is 0.248 e. The number of carbonyl (C=O) groups excluding carboxylic acids is 9. The lowest BCUT2D eigenvalue weighted by atomic mass is 10.0. The summed E-state index contributed by atoms with van der Waals surface area (Å²) in [6.07, 6.45) is 13.3. The highest BCUT2D eigenvalue weighted by Crippen LogP contribution is 2.19. The molecule has 0 unspecified atom stereocenters. The van der Waals surface area contributed by atoms with Gasteiger partial charge in [-0.2, -0.15) is 0 Å². The van der Waals surface area contributed by atoms with Gasteiger partial charge in [0.15, 0.2) is 0 Å². The second-order valence-corrected chi connectivity index (χ2v) is 15.6. The Morgan fingerprint density at radius 2 is 1.24 bits per heavy atom. The van der Waals surface area contributed by atoms with E-state index in [1.807, 2.05) is 13.8 Å². The summed E-state index contributed by atoms with van der Waals surface area (Å²) < 4.78 is 0. The fourth-order valence-electron chi connectivity index (χ4n) is 6.69. The minimum Gasteiger partial charge on any atom is -0.394 e. The predicted octanol–water partition coefficient (Wildman–Crippen LogP) is -0.656. The summed E-state index contributed by atoms with van der Waals surface area (Å²) in [5, 5.41) is 34.6. The quantitative estimate of drug-likeness (QED) is 0.0312. The van der Waals surface area contributed by atoms with Crippen LogP contribution in [0, 0.1) is 5.92 Å². The van der Waals surface area contributed by atoms with Crippen molar-refractivity contribution in [3.63, 3.8) is 0 Å². The summed E-state index contributed by atoms with van der Waals surface area (Å²) in [5.41, 5.74) is 5.18. The summed E-state index contributed by atoms with van der Waals surface area (Å²) in [6.45, 7) is 5.18. The maximum atomic E-state index is 13.5. The Morgan fingerprint density at radius 3 is 1.78 bits per heavy atom. The largest absolute Gasteiger partial charge is 0.394 e. The van der Waals surface area contributed by atoms with E-state index in [2.05, 4.69) is 38.8 Å². The molecule has 19 nitrogen and oxygen atoms in total. The van der Waals surface area contributed by atoms with Crippen molar-refractivity contribution in [2.24, 2.45) is 11.7 Å². The van der Waals surface area contributed by atoms with Crippen molar-refractivity contribution >= 4 is 53.5 Å². The summed E-state index contributed by atoms with van der Waals surface area (Å²) in [5.74, 6) is -6.20. The number of carbonyl (C=O) groups is 9. The van der Waals surface area contributed by atoms with Crippen LogP contribution in [0.25, 0.3) is 0 Å². The van der Waals surface area contributed by atoms with Gasteiger partial charge in [-0.3, -0.25) is 38.4 Å². The van der Waals surface area contributed by atoms with E-state index in [1.165, 1.54) is 51.9 Å². The fraction of sp³-hybridized carbons (Fsp3) is 0.775. The molecule has 0 aromatic rings. The molecule has 0 spiro atoms. The Kier molecular flexibility index (Phi) is 26.2. The van der Waals surface area contributed by atoms with Crippen LogP contribution in [0.15, 0.2) is 0 Å². The van der Waals surface area contributed by atoms with E-state index in [9.17, 15) is 53.4 Å². The van der Waals surface area contributed by atoms with Crippen LogP contribution in [0.5, 0.6) is 0 Å². The zero-order valence-electron chi connectivity index (χ0n) is 35.4. The molecule has 0 saturated carbocycles. The van der Waals surface area contributed by atoms with Gasteiger partial charge in [-0.25, -0.2) is 0 Å². The molecule has 0 bridgehead atoms. The third-order valence-electron chi connectivity index (χ3n) is 9.97. The van der Waals surface area contributed by atoms with E-state index in [0.717, 1.165) is 24.2 Å². The smallest absolute Gasteiger partial charge is 0.248 e. The number of amides is 8. The highest BCUT2D eigenvalue weighted by atomic mass is 16.3. The summed E-state index contributed by atoms with van der Waals surface area (Å²) in [6, 6.07) is -7.90. The van der Waals surface area contributed by atoms with Crippen LogP contribution >= 0.6 is 0 Å². The van der Waals surface area contributed by atoms with E-state index in [1.54, 1.807) is 0 Å². The van der Waals surface area contributed by atoms with Crippen LogP contribution in [0.1, 0.15) is 130 Å². The third-order valence-corrected chi connectivity index (χ3v) is 9.97. The van der Waals surface area contributed by atoms with E-state index in [-0.39, 0.29) is 44.2 Å². The molecule has 1 fully saturated rings. The molecule has 1 heterocycles. The maximum absolute atomic E-state index is 13.5. The van der Waals surface area contributed by atoms with E-state index in [0.29, 0.717) is 19.1 Å². The summed E-state index contributed by atoms with van der Waals surface area (Å²) >= 11 is 0. The Bertz CT molecular complexity index is 1380. The predicted molar refractivity (Wildman–Crippen MR) is 218 cm³/mol. The van der Waals surface area contributed by atoms with Crippen molar-refractivity contribution in [2.75, 3.05) is 26.3 Å². The molecule has 1 rings (SSSR count). The minimum absolute atomic E-state index is 0.00623. The molecule has 0 aromatic carbocycles. The molecule has 0 radical (unpaired) electrons. The average molecular weight is 839 g/mol. The van der Waals surface area contributed by atoms with Gasteiger partial charge in [-0.15, -0.1) is 0 Å². The second kappa shape index (κ2) is 29.5. The molecule has 0 aliphatic carbocycles.